The summed E-state index contributed by atoms with van der Waals surface area (Å²) in [5.41, 5.74) is 1.45. The van der Waals surface area contributed by atoms with Gasteiger partial charge in [-0.3, -0.25) is 0 Å². The molecule has 2 saturated heterocycles. The first-order chi connectivity index (χ1) is 18.4. The summed E-state index contributed by atoms with van der Waals surface area (Å²) in [6.45, 7) is 0.416. The van der Waals surface area contributed by atoms with E-state index in [1.54, 1.807) is 18.2 Å². The van der Waals surface area contributed by atoms with E-state index in [9.17, 15) is 25.5 Å². The number of benzene rings is 2. The number of fused-ring (bicyclic) bond motifs is 1. The Morgan fingerprint density at radius 2 is 1.55 bits per heavy atom. The number of carbonyl (C=O) groups is 1. The maximum absolute atomic E-state index is 12.7. The van der Waals surface area contributed by atoms with E-state index in [0.717, 1.165) is 0 Å². The second-order valence-electron chi connectivity index (χ2n) is 8.82. The van der Waals surface area contributed by atoms with Crippen LogP contribution >= 0.6 is 0 Å². The smallest absolute Gasteiger partial charge is 0.349 e. The lowest BCUT2D eigenvalue weighted by atomic mass is 9.93. The van der Waals surface area contributed by atoms with Crippen molar-refractivity contribution in [2.45, 2.75) is 24.7 Å². The van der Waals surface area contributed by atoms with Gasteiger partial charge in [-0.2, -0.15) is 10.5 Å². The zero-order valence-corrected chi connectivity index (χ0v) is 20.8. The Balaban J connectivity index is 1.41. The van der Waals surface area contributed by atoms with Gasteiger partial charge < -0.3 is 33.9 Å². The topological polar surface area (TPSA) is 151 Å². The number of phenols is 2. The molecule has 2 aromatic carbocycles. The van der Waals surface area contributed by atoms with Gasteiger partial charge in [0, 0.05) is 11.5 Å². The SMILES string of the molecule is COc1cc(/C=C(\C#N)CC2COC3C(OC(=O)/C(C#N)=C/c4ccc(O)c(OC)c4)COC23)ccc1O. The third-order valence-corrected chi connectivity index (χ3v) is 6.39. The van der Waals surface area contributed by atoms with Crippen LogP contribution in [0.15, 0.2) is 47.5 Å². The van der Waals surface area contributed by atoms with E-state index < -0.39 is 18.2 Å². The molecular weight excluding hydrogens is 492 g/mol. The fourth-order valence-corrected chi connectivity index (χ4v) is 4.51. The zero-order valence-electron chi connectivity index (χ0n) is 20.8. The molecule has 196 valence electrons. The molecule has 0 amide bonds. The van der Waals surface area contributed by atoms with E-state index in [1.807, 2.05) is 6.07 Å². The summed E-state index contributed by atoms with van der Waals surface area (Å²) in [5, 5.41) is 38.7. The van der Waals surface area contributed by atoms with Crippen molar-refractivity contribution in [2.75, 3.05) is 27.4 Å². The van der Waals surface area contributed by atoms with Gasteiger partial charge in [-0.1, -0.05) is 12.1 Å². The second kappa shape index (κ2) is 11.7. The molecule has 2 heterocycles. The molecule has 0 bridgehead atoms. The Morgan fingerprint density at radius 3 is 2.13 bits per heavy atom. The van der Waals surface area contributed by atoms with Gasteiger partial charge in [0.05, 0.1) is 39.6 Å². The van der Waals surface area contributed by atoms with Gasteiger partial charge in [0.15, 0.2) is 29.1 Å². The molecule has 10 nitrogen and oxygen atoms in total. The predicted molar refractivity (Wildman–Crippen MR) is 134 cm³/mol. The minimum Gasteiger partial charge on any atom is -0.504 e. The van der Waals surface area contributed by atoms with Crippen LogP contribution in [0.25, 0.3) is 12.2 Å². The molecule has 0 aromatic heterocycles. The van der Waals surface area contributed by atoms with Gasteiger partial charge >= 0.3 is 5.97 Å². The second-order valence-corrected chi connectivity index (χ2v) is 8.82. The lowest BCUT2D eigenvalue weighted by Crippen LogP contribution is -2.33. The summed E-state index contributed by atoms with van der Waals surface area (Å²) in [6, 6.07) is 13.3. The molecule has 0 spiro atoms. The molecule has 2 aromatic rings. The molecule has 0 radical (unpaired) electrons. The van der Waals surface area contributed by atoms with Crippen molar-refractivity contribution in [2.24, 2.45) is 5.92 Å². The first-order valence-corrected chi connectivity index (χ1v) is 11.8. The number of aromatic hydroxyl groups is 2. The molecule has 2 aliphatic rings. The Hall–Kier alpha value is -4.51. The average Bonchev–Trinajstić information content (AvgIpc) is 3.51. The van der Waals surface area contributed by atoms with Crippen LogP contribution in [-0.4, -0.2) is 61.9 Å². The summed E-state index contributed by atoms with van der Waals surface area (Å²) >= 11 is 0. The van der Waals surface area contributed by atoms with Crippen molar-refractivity contribution < 1.29 is 38.7 Å². The Kier molecular flexibility index (Phi) is 8.17. The summed E-state index contributed by atoms with van der Waals surface area (Å²) in [4.78, 5) is 12.7. The van der Waals surface area contributed by atoms with Crippen molar-refractivity contribution in [1.82, 2.24) is 0 Å². The van der Waals surface area contributed by atoms with Crippen molar-refractivity contribution >= 4 is 18.1 Å². The highest BCUT2D eigenvalue weighted by molar-refractivity contribution is 5.98. The molecular formula is C28H26N2O8. The van der Waals surface area contributed by atoms with E-state index in [0.29, 0.717) is 35.5 Å². The summed E-state index contributed by atoms with van der Waals surface area (Å²) in [6.07, 6.45) is 1.83. The standard InChI is InChI=1S/C28H26N2O8/c1-34-23-10-16(3-5-21(23)31)7-18(12-29)9-20-14-36-27-25(15-37-26(20)27)38-28(33)19(13-30)8-17-4-6-22(32)24(11-17)35-2/h3-8,10-11,20,25-27,31-32H,9,14-15H2,1-2H3/b18-7-,19-8+. The van der Waals surface area contributed by atoms with Crippen molar-refractivity contribution in [3.05, 3.63) is 58.7 Å². The van der Waals surface area contributed by atoms with E-state index >= 15 is 0 Å². The number of allylic oxidation sites excluding steroid dienone is 1. The highest BCUT2D eigenvalue weighted by Crippen LogP contribution is 2.37. The van der Waals surface area contributed by atoms with E-state index in [2.05, 4.69) is 6.07 Å². The molecule has 4 unspecified atom stereocenters. The molecule has 2 aliphatic heterocycles. The van der Waals surface area contributed by atoms with E-state index in [-0.39, 0.29) is 41.5 Å². The number of rotatable bonds is 8. The van der Waals surface area contributed by atoms with E-state index in [1.165, 1.54) is 44.6 Å². The van der Waals surface area contributed by atoms with Gasteiger partial charge in [0.2, 0.25) is 0 Å². The molecule has 0 aliphatic carbocycles. The van der Waals surface area contributed by atoms with Gasteiger partial charge in [-0.25, -0.2) is 4.79 Å². The normalized spacial score (nSPS) is 22.7. The van der Waals surface area contributed by atoms with E-state index in [4.69, 9.17) is 23.7 Å². The Bertz CT molecular complexity index is 1350. The van der Waals surface area contributed by atoms with Gasteiger partial charge in [-0.05, 0) is 54.0 Å². The maximum atomic E-state index is 12.7. The fourth-order valence-electron chi connectivity index (χ4n) is 4.51. The quantitative estimate of drug-likeness (QED) is 0.302. The first kappa shape index (κ1) is 26.6. The third kappa shape index (κ3) is 5.73. The van der Waals surface area contributed by atoms with Gasteiger partial charge in [0.1, 0.15) is 17.7 Å². The molecule has 4 atom stereocenters. The van der Waals surface area contributed by atoms with Crippen LogP contribution in [0.3, 0.4) is 0 Å². The number of esters is 1. The molecule has 2 N–H and O–H groups in total. The summed E-state index contributed by atoms with van der Waals surface area (Å²) in [5.74, 6) is -0.502. The minimum absolute atomic E-state index is 0.00679. The number of ether oxygens (including phenoxy) is 5. The van der Waals surface area contributed by atoms with Gasteiger partial charge in [0.25, 0.3) is 0 Å². The number of carbonyl (C=O) groups excluding carboxylic acids is 1. The third-order valence-electron chi connectivity index (χ3n) is 6.39. The molecule has 2 fully saturated rings. The summed E-state index contributed by atoms with van der Waals surface area (Å²) in [7, 11) is 2.84. The lowest BCUT2D eigenvalue weighted by molar-refractivity contribution is -0.148. The first-order valence-electron chi connectivity index (χ1n) is 11.8. The predicted octanol–water partition coefficient (Wildman–Crippen LogP) is 3.34. The maximum Gasteiger partial charge on any atom is 0.349 e. The average molecular weight is 519 g/mol. The molecule has 10 heteroatoms. The highest BCUT2D eigenvalue weighted by Gasteiger charge is 2.49. The Labute approximate surface area is 219 Å². The van der Waals surface area contributed by atoms with Crippen molar-refractivity contribution in [1.29, 1.82) is 10.5 Å². The zero-order chi connectivity index (χ0) is 27.2. The summed E-state index contributed by atoms with van der Waals surface area (Å²) < 4.78 is 27.5. The number of hydrogen-bond donors (Lipinski definition) is 2. The largest absolute Gasteiger partial charge is 0.504 e. The van der Waals surface area contributed by atoms with Crippen LogP contribution < -0.4 is 9.47 Å². The monoisotopic (exact) mass is 518 g/mol. The van der Waals surface area contributed by atoms with Crippen LogP contribution in [0.1, 0.15) is 17.5 Å². The Morgan fingerprint density at radius 1 is 0.947 bits per heavy atom. The minimum atomic E-state index is -0.820. The van der Waals surface area contributed by atoms with Crippen LogP contribution in [-0.2, 0) is 19.0 Å². The van der Waals surface area contributed by atoms with Crippen molar-refractivity contribution in [3.8, 4) is 35.1 Å². The fraction of sp³-hybridized carbons (Fsp3) is 0.321. The van der Waals surface area contributed by atoms with Crippen LogP contribution in [0.5, 0.6) is 23.0 Å². The number of nitrogens with zero attached hydrogens (tertiary/aromatic N) is 2. The van der Waals surface area contributed by atoms with Crippen molar-refractivity contribution in [3.63, 3.8) is 0 Å². The van der Waals surface area contributed by atoms with Crippen LogP contribution in [0.2, 0.25) is 0 Å². The lowest BCUT2D eigenvalue weighted by Gasteiger charge is -2.17. The molecule has 38 heavy (non-hydrogen) atoms. The number of hydrogen-bond acceptors (Lipinski definition) is 10. The highest BCUT2D eigenvalue weighted by atomic mass is 16.6. The number of nitriles is 2. The van der Waals surface area contributed by atoms with Crippen LogP contribution in [0, 0.1) is 28.6 Å². The number of methoxy groups -OCH3 is 2. The van der Waals surface area contributed by atoms with Crippen LogP contribution in [0.4, 0.5) is 0 Å². The molecule has 4 rings (SSSR count). The number of phenolic OH excluding ortho intramolecular Hbond substituents is 2. The van der Waals surface area contributed by atoms with Gasteiger partial charge in [-0.15, -0.1) is 0 Å². The molecule has 0 saturated carbocycles.